The van der Waals surface area contributed by atoms with Crippen molar-refractivity contribution < 1.29 is 28.6 Å². The van der Waals surface area contributed by atoms with E-state index in [9.17, 15) is 14.4 Å². The molecule has 0 heterocycles. The molecule has 0 N–H and O–H groups in total. The fourth-order valence-corrected chi connectivity index (χ4v) is 7.86. The first-order valence-electron chi connectivity index (χ1n) is 30.3. The van der Waals surface area contributed by atoms with Gasteiger partial charge in [0.1, 0.15) is 13.2 Å². The molecule has 6 nitrogen and oxygen atoms in total. The van der Waals surface area contributed by atoms with Gasteiger partial charge in [-0.15, -0.1) is 0 Å². The van der Waals surface area contributed by atoms with Gasteiger partial charge in [-0.3, -0.25) is 14.4 Å². The summed E-state index contributed by atoms with van der Waals surface area (Å²) in [6, 6.07) is 0. The summed E-state index contributed by atoms with van der Waals surface area (Å²) in [6.07, 6.45) is 89.0. The molecule has 1 atom stereocenters. The molecule has 0 saturated heterocycles. The summed E-state index contributed by atoms with van der Waals surface area (Å²) in [5, 5.41) is 0. The number of ether oxygens (including phenoxy) is 3. The van der Waals surface area contributed by atoms with Crippen molar-refractivity contribution in [2.24, 2.45) is 0 Å². The molecule has 0 spiro atoms. The molecule has 0 aromatic carbocycles. The van der Waals surface area contributed by atoms with Gasteiger partial charge in [-0.25, -0.2) is 0 Å². The molecule has 0 bridgehead atoms. The van der Waals surface area contributed by atoms with Crippen LogP contribution in [-0.2, 0) is 28.6 Å². The van der Waals surface area contributed by atoms with Crippen molar-refractivity contribution in [1.29, 1.82) is 0 Å². The van der Waals surface area contributed by atoms with E-state index in [-0.39, 0.29) is 37.5 Å². The van der Waals surface area contributed by atoms with Gasteiger partial charge in [-0.05, 0) is 122 Å². The van der Waals surface area contributed by atoms with Crippen molar-refractivity contribution in [2.75, 3.05) is 13.2 Å². The Morgan fingerprint density at radius 3 is 0.840 bits per heavy atom. The van der Waals surface area contributed by atoms with Gasteiger partial charge in [-0.1, -0.05) is 256 Å². The fourth-order valence-electron chi connectivity index (χ4n) is 7.86. The number of carbonyl (C=O) groups is 3. The summed E-state index contributed by atoms with van der Waals surface area (Å²) < 4.78 is 16.7. The fraction of sp³-hybridized carbons (Fsp3) is 0.609. The third-order valence-corrected chi connectivity index (χ3v) is 12.3. The minimum absolute atomic E-state index is 0.101. The van der Waals surface area contributed by atoms with Crippen LogP contribution >= 0.6 is 0 Å². The van der Waals surface area contributed by atoms with Gasteiger partial charge >= 0.3 is 17.9 Å². The van der Waals surface area contributed by atoms with Crippen LogP contribution in [0.4, 0.5) is 0 Å². The van der Waals surface area contributed by atoms with Gasteiger partial charge in [0.05, 0.1) is 0 Å². The van der Waals surface area contributed by atoms with Crippen LogP contribution in [-0.4, -0.2) is 37.2 Å². The van der Waals surface area contributed by atoms with Gasteiger partial charge in [0.15, 0.2) is 6.10 Å². The number of esters is 3. The van der Waals surface area contributed by atoms with Gasteiger partial charge in [0.2, 0.25) is 0 Å². The average Bonchev–Trinajstić information content (AvgIpc) is 3.41. The largest absolute Gasteiger partial charge is 0.462 e. The van der Waals surface area contributed by atoms with Crippen LogP contribution in [0.1, 0.15) is 252 Å². The van der Waals surface area contributed by atoms with Crippen molar-refractivity contribution in [3.8, 4) is 0 Å². The standard InChI is InChI=1S/C69H110O6/c1-4-7-10-13-15-17-19-21-23-25-27-29-30-31-32-33-34-35-36-37-38-40-41-43-45-47-49-51-53-56-59-62-68(71)74-65-66(64-73-67(70)61-58-55-12-9-6-3)75-69(72)63-60-57-54-52-50-48-46-44-42-39-28-26-24-22-20-18-16-14-11-8-5-2/h7-8,10-11,15-18,21-24,27-29,31-32,34-35,39,44,46,50,52,66H,4-6,9,12-14,19-20,25-26,30,33,36-38,40-43,45,47-49,51,53-65H2,1-3H3/b10-7-,11-8-,17-15-,18-16-,23-21-,24-22-,29-27-,32-31-,35-34-,39-28-,46-44-,52-50-. The summed E-state index contributed by atoms with van der Waals surface area (Å²) in [4.78, 5) is 37.8. The lowest BCUT2D eigenvalue weighted by Crippen LogP contribution is -2.30. The Balaban J connectivity index is 4.13. The van der Waals surface area contributed by atoms with Crippen molar-refractivity contribution >= 4 is 17.9 Å². The number of hydrogen-bond acceptors (Lipinski definition) is 6. The van der Waals surface area contributed by atoms with Gasteiger partial charge in [0, 0.05) is 19.3 Å². The van der Waals surface area contributed by atoms with E-state index in [4.69, 9.17) is 14.2 Å². The third-order valence-electron chi connectivity index (χ3n) is 12.3. The van der Waals surface area contributed by atoms with Crippen LogP contribution in [0.25, 0.3) is 0 Å². The third kappa shape index (κ3) is 60.0. The Morgan fingerprint density at radius 2 is 0.520 bits per heavy atom. The van der Waals surface area contributed by atoms with Crippen molar-refractivity contribution in [2.45, 2.75) is 258 Å². The molecule has 0 aromatic heterocycles. The minimum atomic E-state index is -0.804. The second kappa shape index (κ2) is 61.8. The number of allylic oxidation sites excluding steroid dienone is 24. The molecule has 0 rings (SSSR count). The Hall–Kier alpha value is -4.71. The topological polar surface area (TPSA) is 78.9 Å². The number of hydrogen-bond donors (Lipinski definition) is 0. The highest BCUT2D eigenvalue weighted by Crippen LogP contribution is 2.15. The molecule has 0 aromatic rings. The van der Waals surface area contributed by atoms with Crippen LogP contribution in [0, 0.1) is 0 Å². The SMILES string of the molecule is CC/C=C\C/C=C\C/C=C\C/C=C\C/C=C\C/C=C\CCCCCCCCCCCCCCC(=O)OCC(COC(=O)CCCCCCC)OC(=O)CCCC/C=C\C/C=C\C/C=C\C/C=C\C/C=C\C/C=C\CC. The Bertz CT molecular complexity index is 1660. The monoisotopic (exact) mass is 1030 g/mol. The van der Waals surface area contributed by atoms with Crippen LogP contribution in [0.5, 0.6) is 0 Å². The number of carbonyl (C=O) groups excluding carboxylic acids is 3. The molecule has 0 fully saturated rings. The summed E-state index contributed by atoms with van der Waals surface area (Å²) in [5.74, 6) is -0.965. The predicted octanol–water partition coefficient (Wildman–Crippen LogP) is 20.8. The van der Waals surface area contributed by atoms with E-state index in [1.807, 2.05) is 0 Å². The number of unbranched alkanes of at least 4 members (excludes halogenated alkanes) is 18. The minimum Gasteiger partial charge on any atom is -0.462 e. The molecule has 0 amide bonds. The first kappa shape index (κ1) is 70.3. The molecule has 0 aliphatic carbocycles. The van der Waals surface area contributed by atoms with E-state index in [0.717, 1.165) is 141 Å². The summed E-state index contributed by atoms with van der Waals surface area (Å²) in [5.41, 5.74) is 0. The van der Waals surface area contributed by atoms with Crippen LogP contribution in [0.2, 0.25) is 0 Å². The van der Waals surface area contributed by atoms with E-state index in [1.54, 1.807) is 0 Å². The maximum atomic E-state index is 12.8. The lowest BCUT2D eigenvalue weighted by molar-refractivity contribution is -0.167. The molecule has 75 heavy (non-hydrogen) atoms. The summed E-state index contributed by atoms with van der Waals surface area (Å²) >= 11 is 0. The molecular weight excluding hydrogens is 925 g/mol. The molecule has 0 saturated carbocycles. The van der Waals surface area contributed by atoms with Crippen LogP contribution < -0.4 is 0 Å². The molecule has 6 heteroatoms. The maximum absolute atomic E-state index is 12.8. The highest BCUT2D eigenvalue weighted by molar-refractivity contribution is 5.71. The van der Waals surface area contributed by atoms with Gasteiger partial charge in [-0.2, -0.15) is 0 Å². The van der Waals surface area contributed by atoms with Crippen molar-refractivity contribution in [3.05, 3.63) is 146 Å². The van der Waals surface area contributed by atoms with Gasteiger partial charge < -0.3 is 14.2 Å². The first-order valence-corrected chi connectivity index (χ1v) is 30.3. The molecular formula is C69H110O6. The Labute approximate surface area is 461 Å². The summed E-state index contributed by atoms with van der Waals surface area (Å²) in [6.45, 7) is 6.28. The Morgan fingerprint density at radius 1 is 0.280 bits per heavy atom. The lowest BCUT2D eigenvalue weighted by Gasteiger charge is -2.18. The zero-order chi connectivity index (χ0) is 54.3. The smallest absolute Gasteiger partial charge is 0.306 e. The number of rotatable bonds is 53. The highest BCUT2D eigenvalue weighted by atomic mass is 16.6. The molecule has 0 aliphatic rings. The van der Waals surface area contributed by atoms with E-state index in [0.29, 0.717) is 19.3 Å². The molecule has 422 valence electrons. The average molecular weight is 1040 g/mol. The summed E-state index contributed by atoms with van der Waals surface area (Å²) in [7, 11) is 0. The van der Waals surface area contributed by atoms with Crippen LogP contribution in [0.3, 0.4) is 0 Å². The maximum Gasteiger partial charge on any atom is 0.306 e. The van der Waals surface area contributed by atoms with E-state index >= 15 is 0 Å². The van der Waals surface area contributed by atoms with E-state index in [2.05, 4.69) is 167 Å². The first-order chi connectivity index (χ1) is 37.0. The predicted molar refractivity (Wildman–Crippen MR) is 325 cm³/mol. The van der Waals surface area contributed by atoms with Crippen LogP contribution in [0.15, 0.2) is 146 Å². The molecule has 1 unspecified atom stereocenters. The van der Waals surface area contributed by atoms with Crippen molar-refractivity contribution in [1.82, 2.24) is 0 Å². The second-order valence-corrected chi connectivity index (χ2v) is 19.5. The van der Waals surface area contributed by atoms with Gasteiger partial charge in [0.25, 0.3) is 0 Å². The highest BCUT2D eigenvalue weighted by Gasteiger charge is 2.19. The second-order valence-electron chi connectivity index (χ2n) is 19.5. The normalized spacial score (nSPS) is 13.2. The lowest BCUT2D eigenvalue weighted by atomic mass is 10.0. The zero-order valence-corrected chi connectivity index (χ0v) is 48.3. The van der Waals surface area contributed by atoms with E-state index in [1.165, 1.54) is 64.2 Å². The quantitative estimate of drug-likeness (QED) is 0.0261. The zero-order valence-electron chi connectivity index (χ0n) is 48.3. The molecule has 0 radical (unpaired) electrons. The van der Waals surface area contributed by atoms with Crippen molar-refractivity contribution in [3.63, 3.8) is 0 Å². The Kier molecular flexibility index (Phi) is 58.0. The van der Waals surface area contributed by atoms with E-state index < -0.39 is 6.10 Å². The molecule has 0 aliphatic heterocycles.